The molecule has 0 bridgehead atoms. The van der Waals surface area contributed by atoms with Crippen LogP contribution in [0.2, 0.25) is 0 Å². The van der Waals surface area contributed by atoms with Crippen molar-refractivity contribution in [1.82, 2.24) is 15.0 Å². The zero-order chi connectivity index (χ0) is 20.6. The highest BCUT2D eigenvalue weighted by Gasteiger charge is 2.02. The molecule has 1 atom stereocenters. The van der Waals surface area contributed by atoms with Gasteiger partial charge in [-0.25, -0.2) is 4.68 Å². The summed E-state index contributed by atoms with van der Waals surface area (Å²) in [5.74, 6) is 0. The van der Waals surface area contributed by atoms with Crippen LogP contribution in [0, 0.1) is 0 Å². The summed E-state index contributed by atoms with van der Waals surface area (Å²) in [5.41, 5.74) is 7.95. The zero-order valence-electron chi connectivity index (χ0n) is 18.8. The van der Waals surface area contributed by atoms with Crippen molar-refractivity contribution in [2.75, 3.05) is 0 Å². The lowest BCUT2D eigenvalue weighted by molar-refractivity contribution is 0.507. The maximum Gasteiger partial charge on any atom is 0.113 e. The molecule has 0 aliphatic carbocycles. The number of rotatable bonds is 18. The van der Waals surface area contributed by atoms with Crippen LogP contribution in [-0.2, 0) is 6.54 Å². The minimum Gasteiger partial charge on any atom is -0.328 e. The molecule has 1 aromatic heterocycles. The van der Waals surface area contributed by atoms with E-state index in [-0.39, 0.29) is 0 Å². The van der Waals surface area contributed by atoms with Crippen molar-refractivity contribution < 1.29 is 0 Å². The Morgan fingerprint density at radius 2 is 1.21 bits per heavy atom. The summed E-state index contributed by atoms with van der Waals surface area (Å²) in [6.07, 6.45) is 22.0. The monoisotopic (exact) mass is 400 g/mol. The molecule has 1 heterocycles. The Bertz CT molecular complexity index is 635. The number of hydrogen-bond acceptors (Lipinski definition) is 3. The summed E-state index contributed by atoms with van der Waals surface area (Å²) in [4.78, 5) is 0. The molecule has 1 aromatic carbocycles. The van der Waals surface area contributed by atoms with Crippen LogP contribution in [0.3, 0.4) is 0 Å². The van der Waals surface area contributed by atoms with Gasteiger partial charge in [-0.3, -0.25) is 0 Å². The highest BCUT2D eigenvalue weighted by molar-refractivity contribution is 5.73. The summed E-state index contributed by atoms with van der Waals surface area (Å²) < 4.78 is 2.05. The molecule has 2 aromatic rings. The average molecular weight is 401 g/mol. The van der Waals surface area contributed by atoms with Gasteiger partial charge in [0.1, 0.15) is 5.52 Å². The number of hydrogen-bond donors (Lipinski definition) is 1. The van der Waals surface area contributed by atoms with Gasteiger partial charge in [0.15, 0.2) is 0 Å². The summed E-state index contributed by atoms with van der Waals surface area (Å²) in [6, 6.07) is 8.61. The highest BCUT2D eigenvalue weighted by atomic mass is 15.4. The van der Waals surface area contributed by atoms with E-state index in [0.717, 1.165) is 17.6 Å². The minimum atomic E-state index is 0.385. The summed E-state index contributed by atoms with van der Waals surface area (Å²) >= 11 is 0. The molecular weight excluding hydrogens is 356 g/mol. The van der Waals surface area contributed by atoms with Crippen LogP contribution in [-0.4, -0.2) is 21.0 Å². The Kier molecular flexibility index (Phi) is 12.7. The van der Waals surface area contributed by atoms with E-state index < -0.39 is 0 Å². The first-order valence-corrected chi connectivity index (χ1v) is 12.3. The van der Waals surface area contributed by atoms with E-state index in [1.54, 1.807) is 0 Å². The van der Waals surface area contributed by atoms with Crippen molar-refractivity contribution in [2.45, 2.75) is 122 Å². The second-order valence-electron chi connectivity index (χ2n) is 8.87. The van der Waals surface area contributed by atoms with Crippen LogP contribution < -0.4 is 5.73 Å². The maximum absolute atomic E-state index is 5.78. The second-order valence-corrected chi connectivity index (χ2v) is 8.87. The van der Waals surface area contributed by atoms with E-state index in [1.165, 1.54) is 103 Å². The lowest BCUT2D eigenvalue weighted by Gasteiger charge is -2.05. The van der Waals surface area contributed by atoms with Crippen LogP contribution in [0.4, 0.5) is 0 Å². The predicted octanol–water partition coefficient (Wildman–Crippen LogP) is 7.02. The van der Waals surface area contributed by atoms with Crippen molar-refractivity contribution in [3.63, 3.8) is 0 Å². The van der Waals surface area contributed by atoms with Gasteiger partial charge in [0.2, 0.25) is 0 Å². The number of benzene rings is 1. The fourth-order valence-electron chi connectivity index (χ4n) is 4.11. The van der Waals surface area contributed by atoms with E-state index in [2.05, 4.69) is 34.1 Å². The molecule has 0 spiro atoms. The van der Waals surface area contributed by atoms with E-state index in [0.29, 0.717) is 6.04 Å². The second kappa shape index (κ2) is 15.4. The normalized spacial score (nSPS) is 12.6. The maximum atomic E-state index is 5.78. The van der Waals surface area contributed by atoms with Gasteiger partial charge < -0.3 is 5.73 Å². The first-order valence-electron chi connectivity index (χ1n) is 12.3. The van der Waals surface area contributed by atoms with Crippen molar-refractivity contribution in [2.24, 2.45) is 5.73 Å². The minimum absolute atomic E-state index is 0.385. The van der Waals surface area contributed by atoms with Gasteiger partial charge in [-0.05, 0) is 31.9 Å². The van der Waals surface area contributed by atoms with Gasteiger partial charge in [0, 0.05) is 12.6 Å². The number of nitrogens with zero attached hydrogens (tertiary/aromatic N) is 3. The third-order valence-corrected chi connectivity index (χ3v) is 5.95. The van der Waals surface area contributed by atoms with Crippen molar-refractivity contribution in [1.29, 1.82) is 0 Å². The number of unbranched alkanes of at least 4 members (excludes halogenated alkanes) is 14. The summed E-state index contributed by atoms with van der Waals surface area (Å²) in [6.45, 7) is 3.11. The molecule has 0 saturated carbocycles. The Hall–Kier alpha value is -1.42. The Morgan fingerprint density at radius 3 is 1.76 bits per heavy atom. The molecule has 0 aliphatic heterocycles. The fraction of sp³-hybridized carbons (Fsp3) is 0.760. The van der Waals surface area contributed by atoms with Gasteiger partial charge in [0.05, 0.1) is 5.52 Å². The van der Waals surface area contributed by atoms with E-state index in [1.807, 2.05) is 12.1 Å². The van der Waals surface area contributed by atoms with Gasteiger partial charge in [-0.15, -0.1) is 5.10 Å². The molecular formula is C25H44N4. The third-order valence-electron chi connectivity index (χ3n) is 5.95. The standard InChI is InChI=1S/C25H44N4/c1-23(26)19-15-13-11-9-7-5-3-2-4-6-8-10-12-14-18-22-29-25-21-17-16-20-24(25)27-28-29/h16-17,20-21,23H,2-15,18-19,22,26H2,1H3. The molecule has 2 rings (SSSR count). The van der Waals surface area contributed by atoms with E-state index >= 15 is 0 Å². The lowest BCUT2D eigenvalue weighted by atomic mass is 10.0. The van der Waals surface area contributed by atoms with Crippen LogP contribution in [0.1, 0.15) is 110 Å². The van der Waals surface area contributed by atoms with Gasteiger partial charge in [0.25, 0.3) is 0 Å². The quantitative estimate of drug-likeness (QED) is 0.273. The molecule has 0 amide bonds. The Labute approximate surface area is 178 Å². The number of aryl methyl sites for hydroxylation is 1. The van der Waals surface area contributed by atoms with Crippen molar-refractivity contribution in [3.8, 4) is 0 Å². The average Bonchev–Trinajstić information content (AvgIpc) is 3.13. The highest BCUT2D eigenvalue weighted by Crippen LogP contribution is 2.15. The van der Waals surface area contributed by atoms with Gasteiger partial charge >= 0.3 is 0 Å². The van der Waals surface area contributed by atoms with Crippen LogP contribution in [0.5, 0.6) is 0 Å². The molecule has 0 aliphatic rings. The van der Waals surface area contributed by atoms with Crippen molar-refractivity contribution in [3.05, 3.63) is 24.3 Å². The number of fused-ring (bicyclic) bond motifs is 1. The third kappa shape index (κ3) is 10.8. The summed E-state index contributed by atoms with van der Waals surface area (Å²) in [5, 5.41) is 8.50. The first kappa shape index (κ1) is 23.9. The number of aromatic nitrogens is 3. The molecule has 4 nitrogen and oxygen atoms in total. The number of para-hydroxylation sites is 1. The largest absolute Gasteiger partial charge is 0.328 e. The SMILES string of the molecule is CC(N)CCCCCCCCCCCCCCCCCn1nnc2ccccc21. The van der Waals surface area contributed by atoms with Gasteiger partial charge in [-0.2, -0.15) is 0 Å². The Balaban J connectivity index is 1.30. The molecule has 2 N–H and O–H groups in total. The zero-order valence-corrected chi connectivity index (χ0v) is 18.8. The van der Waals surface area contributed by atoms with Crippen molar-refractivity contribution >= 4 is 11.0 Å². The van der Waals surface area contributed by atoms with Gasteiger partial charge in [-0.1, -0.05) is 107 Å². The molecule has 0 fully saturated rings. The molecule has 0 radical (unpaired) electrons. The molecule has 4 heteroatoms. The predicted molar refractivity (Wildman–Crippen MR) is 125 cm³/mol. The smallest absolute Gasteiger partial charge is 0.113 e. The molecule has 29 heavy (non-hydrogen) atoms. The molecule has 164 valence electrons. The first-order chi connectivity index (χ1) is 14.3. The Morgan fingerprint density at radius 1 is 0.724 bits per heavy atom. The summed E-state index contributed by atoms with van der Waals surface area (Å²) in [7, 11) is 0. The van der Waals surface area contributed by atoms with Crippen LogP contribution in [0.25, 0.3) is 11.0 Å². The van der Waals surface area contributed by atoms with E-state index in [4.69, 9.17) is 5.73 Å². The fourth-order valence-corrected chi connectivity index (χ4v) is 4.11. The van der Waals surface area contributed by atoms with Crippen LogP contribution >= 0.6 is 0 Å². The topological polar surface area (TPSA) is 56.7 Å². The van der Waals surface area contributed by atoms with E-state index in [9.17, 15) is 0 Å². The number of nitrogens with two attached hydrogens (primary N) is 1. The molecule has 1 unspecified atom stereocenters. The molecule has 0 saturated heterocycles. The van der Waals surface area contributed by atoms with Crippen LogP contribution in [0.15, 0.2) is 24.3 Å². The lowest BCUT2D eigenvalue weighted by Crippen LogP contribution is -2.13.